The standard InChI is InChI=1S/C12H17N4O4PS/c1-2-5-21(18,22)20-10-4-3-9(19-10)16-7-13-11-8(16)6-14-15-12(11)17/h6-7,9-10H,2-5H2,1H3,(H,15,17)(H,18,22). The second-order valence-electron chi connectivity index (χ2n) is 5.15. The molecule has 0 spiro atoms. The number of imidazole rings is 1. The lowest BCUT2D eigenvalue weighted by Crippen LogP contribution is -2.13. The second kappa shape index (κ2) is 6.16. The van der Waals surface area contributed by atoms with Crippen molar-refractivity contribution in [2.45, 2.75) is 38.7 Å². The number of nitrogens with zero attached hydrogens (tertiary/aromatic N) is 3. The number of ether oxygens (including phenoxy) is 1. The van der Waals surface area contributed by atoms with Gasteiger partial charge in [-0.2, -0.15) is 5.10 Å². The molecule has 2 aromatic rings. The van der Waals surface area contributed by atoms with Crippen molar-refractivity contribution in [2.24, 2.45) is 0 Å². The molecule has 3 heterocycles. The summed E-state index contributed by atoms with van der Waals surface area (Å²) in [6.07, 6.45) is 4.60. The second-order valence-corrected chi connectivity index (χ2v) is 8.91. The highest BCUT2D eigenvalue weighted by Crippen LogP contribution is 2.55. The molecule has 1 fully saturated rings. The van der Waals surface area contributed by atoms with Crippen molar-refractivity contribution in [3.63, 3.8) is 0 Å². The van der Waals surface area contributed by atoms with Gasteiger partial charge in [-0.25, -0.2) is 10.1 Å². The van der Waals surface area contributed by atoms with Crippen LogP contribution < -0.4 is 5.56 Å². The van der Waals surface area contributed by atoms with Crippen molar-refractivity contribution >= 4 is 29.9 Å². The fourth-order valence-corrected chi connectivity index (χ4v) is 4.61. The van der Waals surface area contributed by atoms with Crippen molar-refractivity contribution in [3.8, 4) is 0 Å². The predicted molar refractivity (Wildman–Crippen MR) is 84.1 cm³/mol. The minimum absolute atomic E-state index is 0.314. The summed E-state index contributed by atoms with van der Waals surface area (Å²) in [6, 6.07) is 0. The molecule has 3 unspecified atom stereocenters. The van der Waals surface area contributed by atoms with Crippen LogP contribution in [0.25, 0.3) is 11.0 Å². The number of rotatable bonds is 5. The fraction of sp³-hybridized carbons (Fsp3) is 0.583. The van der Waals surface area contributed by atoms with Crippen LogP contribution in [-0.2, 0) is 13.8 Å². The van der Waals surface area contributed by atoms with Gasteiger partial charge in [0.1, 0.15) is 6.23 Å². The highest BCUT2D eigenvalue weighted by Gasteiger charge is 2.32. The zero-order valence-electron chi connectivity index (χ0n) is 12.0. The number of H-pyrrole nitrogens is 1. The molecule has 0 radical (unpaired) electrons. The molecule has 0 amide bonds. The van der Waals surface area contributed by atoms with Gasteiger partial charge in [0.15, 0.2) is 11.8 Å². The van der Waals surface area contributed by atoms with Gasteiger partial charge in [-0.15, -0.1) is 0 Å². The maximum absolute atomic E-state index is 12.1. The number of hydrogen-bond acceptors (Lipinski definition) is 6. The van der Waals surface area contributed by atoms with Crippen molar-refractivity contribution in [1.29, 1.82) is 0 Å². The first-order chi connectivity index (χ1) is 10.5. The largest absolute Gasteiger partial charge is 0.329 e. The predicted octanol–water partition coefficient (Wildman–Crippen LogP) is 2.30. The molecule has 8 nitrogen and oxygen atoms in total. The number of aromatic nitrogens is 4. The molecule has 1 saturated heterocycles. The van der Waals surface area contributed by atoms with Crippen molar-refractivity contribution < 1.29 is 13.8 Å². The van der Waals surface area contributed by atoms with E-state index < -0.39 is 12.9 Å². The molecular formula is C12H17N4O4PS. The SMILES string of the molecule is CCCP(=O)(S)OC1CCC(n2cnc3c(=O)[nH]ncc32)O1. The first-order valence-electron chi connectivity index (χ1n) is 7.06. The highest BCUT2D eigenvalue weighted by atomic mass is 32.7. The van der Waals surface area contributed by atoms with E-state index in [1.165, 1.54) is 6.20 Å². The number of thiol groups is 1. The molecule has 2 aromatic heterocycles. The van der Waals surface area contributed by atoms with Crippen LogP contribution in [0.2, 0.25) is 0 Å². The fourth-order valence-electron chi connectivity index (χ4n) is 2.50. The summed E-state index contributed by atoms with van der Waals surface area (Å²) < 4.78 is 25.1. The van der Waals surface area contributed by atoms with E-state index in [-0.39, 0.29) is 11.8 Å². The molecule has 120 valence electrons. The maximum Gasteiger partial charge on any atom is 0.292 e. The summed E-state index contributed by atoms with van der Waals surface area (Å²) in [7, 11) is 0. The van der Waals surface area contributed by atoms with Crippen molar-refractivity contribution in [1.82, 2.24) is 19.7 Å². The van der Waals surface area contributed by atoms with Gasteiger partial charge in [0, 0.05) is 12.6 Å². The lowest BCUT2D eigenvalue weighted by Gasteiger charge is -2.19. The molecular weight excluding hydrogens is 327 g/mol. The Kier molecular flexibility index (Phi) is 4.40. The molecule has 1 N–H and O–H groups in total. The smallest absolute Gasteiger partial charge is 0.292 e. The topological polar surface area (TPSA) is 99.1 Å². The van der Waals surface area contributed by atoms with Crippen LogP contribution in [0.1, 0.15) is 32.4 Å². The first kappa shape index (κ1) is 15.7. The van der Waals surface area contributed by atoms with Crippen LogP contribution >= 0.6 is 18.8 Å². The summed E-state index contributed by atoms with van der Waals surface area (Å²) in [6.45, 7) is -1.00. The van der Waals surface area contributed by atoms with Crippen LogP contribution in [0.3, 0.4) is 0 Å². The average molecular weight is 344 g/mol. The monoisotopic (exact) mass is 344 g/mol. The highest BCUT2D eigenvalue weighted by molar-refractivity contribution is 8.46. The Labute approximate surface area is 131 Å². The summed E-state index contributed by atoms with van der Waals surface area (Å²) in [4.78, 5) is 15.7. The summed E-state index contributed by atoms with van der Waals surface area (Å²) >= 11 is 4.10. The Morgan fingerprint density at radius 3 is 3.18 bits per heavy atom. The van der Waals surface area contributed by atoms with Gasteiger partial charge in [-0.1, -0.05) is 19.2 Å². The molecule has 1 aliphatic rings. The Hall–Kier alpha value is -1.15. The lowest BCUT2D eigenvalue weighted by molar-refractivity contribution is -0.0925. The van der Waals surface area contributed by atoms with Crippen LogP contribution in [0.15, 0.2) is 17.3 Å². The molecule has 0 bridgehead atoms. The van der Waals surface area contributed by atoms with Gasteiger partial charge in [-0.05, 0) is 12.8 Å². The number of hydrogen-bond donors (Lipinski definition) is 2. The van der Waals surface area contributed by atoms with Crippen LogP contribution in [0, 0.1) is 0 Å². The maximum atomic E-state index is 12.1. The molecule has 10 heteroatoms. The summed E-state index contributed by atoms with van der Waals surface area (Å²) in [5.74, 6) is 0. The zero-order valence-corrected chi connectivity index (χ0v) is 13.8. The third-order valence-electron chi connectivity index (χ3n) is 3.46. The number of fused-ring (bicyclic) bond motifs is 1. The molecule has 0 aromatic carbocycles. The van der Waals surface area contributed by atoms with E-state index in [4.69, 9.17) is 9.26 Å². The quantitative estimate of drug-likeness (QED) is 0.638. The zero-order chi connectivity index (χ0) is 15.7. The molecule has 0 aliphatic carbocycles. The van der Waals surface area contributed by atoms with Gasteiger partial charge < -0.3 is 9.30 Å². The molecule has 0 saturated carbocycles. The van der Waals surface area contributed by atoms with Gasteiger partial charge >= 0.3 is 0 Å². The molecule has 3 rings (SSSR count). The first-order valence-corrected chi connectivity index (χ1v) is 10.0. The van der Waals surface area contributed by atoms with E-state index in [2.05, 4.69) is 27.4 Å². The Morgan fingerprint density at radius 2 is 2.41 bits per heavy atom. The van der Waals surface area contributed by atoms with Crippen molar-refractivity contribution in [3.05, 3.63) is 22.9 Å². The lowest BCUT2D eigenvalue weighted by atomic mass is 10.3. The normalized spacial score (nSPS) is 24.6. The third kappa shape index (κ3) is 3.12. The molecule has 1 aliphatic heterocycles. The van der Waals surface area contributed by atoms with Gasteiger partial charge in [0.2, 0.25) is 0 Å². The minimum atomic E-state index is -2.92. The summed E-state index contributed by atoms with van der Waals surface area (Å²) in [5.41, 5.74) is 0.565. The van der Waals surface area contributed by atoms with Gasteiger partial charge in [0.05, 0.1) is 18.0 Å². The minimum Gasteiger partial charge on any atom is -0.329 e. The molecule has 22 heavy (non-hydrogen) atoms. The van der Waals surface area contributed by atoms with E-state index >= 15 is 0 Å². The van der Waals surface area contributed by atoms with E-state index in [9.17, 15) is 9.36 Å². The Bertz CT molecular complexity index is 776. The van der Waals surface area contributed by atoms with Crippen LogP contribution in [0.4, 0.5) is 0 Å². The Balaban J connectivity index is 1.76. The van der Waals surface area contributed by atoms with E-state index in [0.29, 0.717) is 30.0 Å². The van der Waals surface area contributed by atoms with E-state index in [0.717, 1.165) is 6.42 Å². The Morgan fingerprint density at radius 1 is 1.59 bits per heavy atom. The average Bonchev–Trinajstić information content (AvgIpc) is 3.05. The van der Waals surface area contributed by atoms with Gasteiger partial charge in [-0.3, -0.25) is 13.9 Å². The summed E-state index contributed by atoms with van der Waals surface area (Å²) in [5, 5.41) is 6.12. The van der Waals surface area contributed by atoms with Crippen LogP contribution in [-0.4, -0.2) is 32.2 Å². The number of nitrogens with one attached hydrogen (secondary N) is 1. The van der Waals surface area contributed by atoms with Gasteiger partial charge in [0.25, 0.3) is 12.1 Å². The molecule has 3 atom stereocenters. The van der Waals surface area contributed by atoms with Crippen molar-refractivity contribution in [2.75, 3.05) is 6.16 Å². The van der Waals surface area contributed by atoms with E-state index in [1.807, 2.05) is 6.92 Å². The third-order valence-corrected chi connectivity index (χ3v) is 5.92. The number of aromatic amines is 1. The van der Waals surface area contributed by atoms with Crippen LogP contribution in [0.5, 0.6) is 0 Å². The van der Waals surface area contributed by atoms with E-state index in [1.54, 1.807) is 10.9 Å².